The molecule has 0 amide bonds. The number of rotatable bonds is 7. The molecule has 1 aromatic rings. The van der Waals surface area contributed by atoms with Gasteiger partial charge in [0.1, 0.15) is 0 Å². The van der Waals surface area contributed by atoms with Crippen LogP contribution in [0.3, 0.4) is 0 Å². The van der Waals surface area contributed by atoms with Gasteiger partial charge in [-0.2, -0.15) is 11.3 Å². The SMILES string of the molecule is CCNC(=NCC1(OC)CCOCC1)NCC(C)c1ccsc1.I. The van der Waals surface area contributed by atoms with Crippen molar-refractivity contribution in [2.45, 2.75) is 38.2 Å². The van der Waals surface area contributed by atoms with Crippen molar-refractivity contribution in [1.29, 1.82) is 0 Å². The molecule has 0 spiro atoms. The van der Waals surface area contributed by atoms with Gasteiger partial charge in [-0.05, 0) is 35.2 Å². The van der Waals surface area contributed by atoms with Crippen LogP contribution in [0, 0.1) is 0 Å². The van der Waals surface area contributed by atoms with Gasteiger partial charge in [-0.15, -0.1) is 24.0 Å². The van der Waals surface area contributed by atoms with Crippen LogP contribution < -0.4 is 10.6 Å². The molecule has 0 bridgehead atoms. The highest BCUT2D eigenvalue weighted by molar-refractivity contribution is 14.0. The van der Waals surface area contributed by atoms with E-state index in [1.165, 1.54) is 5.56 Å². The average Bonchev–Trinajstić information content (AvgIpc) is 3.12. The van der Waals surface area contributed by atoms with Gasteiger partial charge in [-0.1, -0.05) is 6.92 Å². The second-order valence-electron chi connectivity index (χ2n) is 6.03. The van der Waals surface area contributed by atoms with Crippen LogP contribution in [0.2, 0.25) is 0 Å². The number of halogens is 1. The second-order valence-corrected chi connectivity index (χ2v) is 6.81. The van der Waals surface area contributed by atoms with Gasteiger partial charge in [0.25, 0.3) is 0 Å². The summed E-state index contributed by atoms with van der Waals surface area (Å²) in [5.41, 5.74) is 1.19. The van der Waals surface area contributed by atoms with Crippen molar-refractivity contribution < 1.29 is 9.47 Å². The minimum Gasteiger partial charge on any atom is -0.381 e. The van der Waals surface area contributed by atoms with E-state index in [1.54, 1.807) is 18.4 Å². The Bertz CT molecular complexity index is 476. The maximum absolute atomic E-state index is 5.75. The molecule has 1 aliphatic heterocycles. The number of methoxy groups -OCH3 is 1. The summed E-state index contributed by atoms with van der Waals surface area (Å²) in [7, 11) is 1.78. The van der Waals surface area contributed by atoms with Gasteiger partial charge in [-0.3, -0.25) is 4.99 Å². The van der Waals surface area contributed by atoms with Crippen molar-refractivity contribution in [3.05, 3.63) is 22.4 Å². The number of nitrogens with one attached hydrogen (secondary N) is 2. The topological polar surface area (TPSA) is 54.9 Å². The number of thiophene rings is 1. The summed E-state index contributed by atoms with van der Waals surface area (Å²) in [6.07, 6.45) is 1.80. The molecule has 1 fully saturated rings. The number of nitrogens with zero attached hydrogens (tertiary/aromatic N) is 1. The zero-order chi connectivity index (χ0) is 16.5. The highest BCUT2D eigenvalue weighted by Gasteiger charge is 2.32. The first-order valence-electron chi connectivity index (χ1n) is 8.36. The van der Waals surface area contributed by atoms with Crippen LogP contribution in [0.5, 0.6) is 0 Å². The molecular weight excluding hydrogens is 437 g/mol. The number of ether oxygens (including phenoxy) is 2. The third-order valence-corrected chi connectivity index (χ3v) is 5.10. The van der Waals surface area contributed by atoms with Crippen LogP contribution in [0.25, 0.3) is 0 Å². The quantitative estimate of drug-likeness (QED) is 0.368. The molecule has 2 N–H and O–H groups in total. The molecule has 24 heavy (non-hydrogen) atoms. The smallest absolute Gasteiger partial charge is 0.191 e. The molecular formula is C17H30IN3O2S. The van der Waals surface area contributed by atoms with Gasteiger partial charge < -0.3 is 20.1 Å². The third kappa shape index (κ3) is 6.50. The Balaban J connectivity index is 0.00000288. The summed E-state index contributed by atoms with van der Waals surface area (Å²) in [4.78, 5) is 4.75. The molecule has 1 aliphatic rings. The second kappa shape index (κ2) is 11.3. The lowest BCUT2D eigenvalue weighted by Gasteiger charge is -2.34. The van der Waals surface area contributed by atoms with E-state index in [4.69, 9.17) is 14.5 Å². The molecule has 0 aromatic carbocycles. The molecule has 138 valence electrons. The normalized spacial score (nSPS) is 18.5. The predicted molar refractivity (Wildman–Crippen MR) is 112 cm³/mol. The van der Waals surface area contributed by atoms with E-state index >= 15 is 0 Å². The van der Waals surface area contributed by atoms with Gasteiger partial charge in [0.05, 0.1) is 12.1 Å². The zero-order valence-electron chi connectivity index (χ0n) is 14.8. The van der Waals surface area contributed by atoms with Gasteiger partial charge in [0.2, 0.25) is 0 Å². The first-order valence-corrected chi connectivity index (χ1v) is 9.30. The molecule has 1 unspecified atom stereocenters. The fourth-order valence-electron chi connectivity index (χ4n) is 2.66. The highest BCUT2D eigenvalue weighted by Crippen LogP contribution is 2.24. The molecule has 0 radical (unpaired) electrons. The zero-order valence-corrected chi connectivity index (χ0v) is 18.0. The maximum atomic E-state index is 5.75. The Morgan fingerprint density at radius 2 is 2.17 bits per heavy atom. The summed E-state index contributed by atoms with van der Waals surface area (Å²) < 4.78 is 11.2. The van der Waals surface area contributed by atoms with Gasteiger partial charge in [0, 0.05) is 46.3 Å². The summed E-state index contributed by atoms with van der Waals surface area (Å²) in [5.74, 6) is 1.32. The Labute approximate surface area is 166 Å². The van der Waals surface area contributed by atoms with Crippen molar-refractivity contribution in [1.82, 2.24) is 10.6 Å². The molecule has 7 heteroatoms. The van der Waals surface area contributed by atoms with E-state index in [2.05, 4.69) is 41.3 Å². The molecule has 2 rings (SSSR count). The molecule has 2 heterocycles. The lowest BCUT2D eigenvalue weighted by atomic mass is 9.94. The van der Waals surface area contributed by atoms with Gasteiger partial charge >= 0.3 is 0 Å². The summed E-state index contributed by atoms with van der Waals surface area (Å²) in [5, 5.41) is 11.1. The predicted octanol–water partition coefficient (Wildman–Crippen LogP) is 3.22. The van der Waals surface area contributed by atoms with E-state index < -0.39 is 0 Å². The standard InChI is InChI=1S/C17H29N3O2S.HI/c1-4-18-16(19-11-14(2)15-5-10-23-12-15)20-13-17(21-3)6-8-22-9-7-17;/h5,10,12,14H,4,6-9,11,13H2,1-3H3,(H2,18,19,20);1H. The molecule has 1 atom stereocenters. The highest BCUT2D eigenvalue weighted by atomic mass is 127. The minimum absolute atomic E-state index is 0. The summed E-state index contributed by atoms with van der Waals surface area (Å²) >= 11 is 1.74. The molecule has 5 nitrogen and oxygen atoms in total. The third-order valence-electron chi connectivity index (χ3n) is 4.39. The van der Waals surface area contributed by atoms with E-state index in [-0.39, 0.29) is 29.6 Å². The van der Waals surface area contributed by atoms with Crippen LogP contribution in [0.4, 0.5) is 0 Å². The van der Waals surface area contributed by atoms with Crippen molar-refractivity contribution in [3.8, 4) is 0 Å². The first kappa shape index (κ1) is 21.7. The minimum atomic E-state index is -0.181. The average molecular weight is 467 g/mol. The van der Waals surface area contributed by atoms with Crippen LogP contribution in [0.15, 0.2) is 21.8 Å². The van der Waals surface area contributed by atoms with Crippen molar-refractivity contribution in [3.63, 3.8) is 0 Å². The lowest BCUT2D eigenvalue weighted by Crippen LogP contribution is -2.44. The van der Waals surface area contributed by atoms with Crippen molar-refractivity contribution in [2.24, 2.45) is 4.99 Å². The number of guanidine groups is 1. The van der Waals surface area contributed by atoms with Crippen LogP contribution in [-0.4, -0.2) is 51.5 Å². The molecule has 1 saturated heterocycles. The van der Waals surface area contributed by atoms with E-state index in [0.717, 1.165) is 45.1 Å². The maximum Gasteiger partial charge on any atom is 0.191 e. The molecule has 0 saturated carbocycles. The van der Waals surface area contributed by atoms with Crippen LogP contribution in [-0.2, 0) is 9.47 Å². The van der Waals surface area contributed by atoms with E-state index in [9.17, 15) is 0 Å². The Hall–Kier alpha value is -0.380. The van der Waals surface area contributed by atoms with Crippen molar-refractivity contribution in [2.75, 3.05) is 40.0 Å². The fraction of sp³-hybridized carbons (Fsp3) is 0.706. The van der Waals surface area contributed by atoms with E-state index in [0.29, 0.717) is 12.5 Å². The summed E-state index contributed by atoms with van der Waals surface area (Å²) in [6, 6.07) is 2.18. The Morgan fingerprint density at radius 3 is 2.75 bits per heavy atom. The number of aliphatic imine (C=N–C) groups is 1. The van der Waals surface area contributed by atoms with Crippen LogP contribution in [0.1, 0.15) is 38.2 Å². The molecule has 1 aromatic heterocycles. The van der Waals surface area contributed by atoms with Crippen LogP contribution >= 0.6 is 35.3 Å². The largest absolute Gasteiger partial charge is 0.381 e. The van der Waals surface area contributed by atoms with Crippen molar-refractivity contribution >= 4 is 41.3 Å². The lowest BCUT2D eigenvalue weighted by molar-refractivity contribution is -0.0828. The fourth-order valence-corrected chi connectivity index (χ4v) is 3.44. The number of hydrogen-bond donors (Lipinski definition) is 2. The first-order chi connectivity index (χ1) is 11.2. The van der Waals surface area contributed by atoms with E-state index in [1.807, 2.05) is 0 Å². The Kier molecular flexibility index (Phi) is 10.2. The van der Waals surface area contributed by atoms with Gasteiger partial charge in [-0.25, -0.2) is 0 Å². The number of hydrogen-bond acceptors (Lipinski definition) is 4. The Morgan fingerprint density at radius 1 is 1.42 bits per heavy atom. The monoisotopic (exact) mass is 467 g/mol. The molecule has 0 aliphatic carbocycles. The summed E-state index contributed by atoms with van der Waals surface area (Å²) in [6.45, 7) is 8.20. The van der Waals surface area contributed by atoms with Gasteiger partial charge in [0.15, 0.2) is 5.96 Å².